The molecule has 2 heteroatoms. The van der Waals surface area contributed by atoms with Crippen molar-refractivity contribution in [2.45, 2.75) is 64.8 Å². The first-order valence-corrected chi connectivity index (χ1v) is 7.02. The van der Waals surface area contributed by atoms with Crippen molar-refractivity contribution < 1.29 is 0 Å². The van der Waals surface area contributed by atoms with Gasteiger partial charge in [0.05, 0.1) is 0 Å². The van der Waals surface area contributed by atoms with Gasteiger partial charge in [0.15, 0.2) is 0 Å². The minimum absolute atomic E-state index is 0.0117. The van der Waals surface area contributed by atoms with Gasteiger partial charge in [0.2, 0.25) is 0 Å². The normalized spacial score (nSPS) is 24.4. The number of nitrogens with two attached hydrogens (primary N) is 1. The Balaban J connectivity index is 2.18. The van der Waals surface area contributed by atoms with E-state index < -0.39 is 0 Å². The highest BCUT2D eigenvalue weighted by Gasteiger charge is 2.16. The molecule has 0 aromatic carbocycles. The molecule has 0 radical (unpaired) electrons. The summed E-state index contributed by atoms with van der Waals surface area (Å²) < 4.78 is 0. The molecule has 0 aromatic heterocycles. The molecule has 16 heavy (non-hydrogen) atoms. The summed E-state index contributed by atoms with van der Waals surface area (Å²) in [7, 11) is 0. The molecule has 1 heterocycles. The Kier molecular flexibility index (Phi) is 5.77. The molecule has 2 N–H and O–H groups in total. The SMILES string of the molecule is CCC1CCCN(CCCC(C)(C)N)CC1. The molecular weight excluding hydrogens is 196 g/mol. The lowest BCUT2D eigenvalue weighted by Gasteiger charge is -2.23. The molecule has 0 aliphatic carbocycles. The summed E-state index contributed by atoms with van der Waals surface area (Å²) >= 11 is 0. The average molecular weight is 226 g/mol. The van der Waals surface area contributed by atoms with Crippen LogP contribution in [0.4, 0.5) is 0 Å². The third-order valence-corrected chi connectivity index (χ3v) is 3.81. The molecule has 1 atom stereocenters. The fourth-order valence-corrected chi connectivity index (χ4v) is 2.61. The van der Waals surface area contributed by atoms with E-state index in [4.69, 9.17) is 5.73 Å². The standard InChI is InChI=1S/C14H30N2/c1-4-13-7-5-10-16(12-8-13)11-6-9-14(2,3)15/h13H,4-12,15H2,1-3H3. The van der Waals surface area contributed by atoms with Crippen LogP contribution >= 0.6 is 0 Å². The van der Waals surface area contributed by atoms with Gasteiger partial charge < -0.3 is 10.6 Å². The predicted octanol–water partition coefficient (Wildman–Crippen LogP) is 3.02. The molecule has 2 nitrogen and oxygen atoms in total. The van der Waals surface area contributed by atoms with Crippen molar-refractivity contribution >= 4 is 0 Å². The van der Waals surface area contributed by atoms with Crippen molar-refractivity contribution in [3.8, 4) is 0 Å². The van der Waals surface area contributed by atoms with Crippen LogP contribution in [0.2, 0.25) is 0 Å². The average Bonchev–Trinajstić information content (AvgIpc) is 2.41. The molecule has 0 aromatic rings. The smallest absolute Gasteiger partial charge is 0.00975 e. The summed E-state index contributed by atoms with van der Waals surface area (Å²) in [5.74, 6) is 0.982. The van der Waals surface area contributed by atoms with Crippen LogP contribution in [-0.4, -0.2) is 30.1 Å². The second-order valence-electron chi connectivity index (χ2n) is 6.14. The summed E-state index contributed by atoms with van der Waals surface area (Å²) in [6, 6.07) is 0. The van der Waals surface area contributed by atoms with E-state index in [-0.39, 0.29) is 5.54 Å². The quantitative estimate of drug-likeness (QED) is 0.781. The molecule has 0 saturated carbocycles. The van der Waals surface area contributed by atoms with E-state index in [1.807, 2.05) is 0 Å². The van der Waals surface area contributed by atoms with Crippen molar-refractivity contribution in [1.29, 1.82) is 0 Å². The van der Waals surface area contributed by atoms with Gasteiger partial charge in [-0.2, -0.15) is 0 Å². The highest BCUT2D eigenvalue weighted by atomic mass is 15.1. The maximum Gasteiger partial charge on any atom is 0.00975 e. The molecule has 1 aliphatic heterocycles. The summed E-state index contributed by atoms with van der Waals surface area (Å²) in [6.45, 7) is 10.4. The molecular formula is C14H30N2. The van der Waals surface area contributed by atoms with Crippen LogP contribution in [0, 0.1) is 5.92 Å². The van der Waals surface area contributed by atoms with E-state index in [1.54, 1.807) is 0 Å². The van der Waals surface area contributed by atoms with Gasteiger partial charge in [0.1, 0.15) is 0 Å². The van der Waals surface area contributed by atoms with Gasteiger partial charge in [-0.05, 0) is 71.5 Å². The van der Waals surface area contributed by atoms with E-state index >= 15 is 0 Å². The number of nitrogens with zero attached hydrogens (tertiary/aromatic N) is 1. The maximum atomic E-state index is 6.01. The molecule has 96 valence electrons. The fourth-order valence-electron chi connectivity index (χ4n) is 2.61. The molecule has 0 amide bonds. The van der Waals surface area contributed by atoms with Gasteiger partial charge in [-0.3, -0.25) is 0 Å². The van der Waals surface area contributed by atoms with Crippen molar-refractivity contribution in [3.05, 3.63) is 0 Å². The molecule has 0 bridgehead atoms. The summed E-state index contributed by atoms with van der Waals surface area (Å²) in [5, 5.41) is 0. The lowest BCUT2D eigenvalue weighted by molar-refractivity contribution is 0.264. The van der Waals surface area contributed by atoms with Crippen molar-refractivity contribution in [3.63, 3.8) is 0 Å². The predicted molar refractivity (Wildman–Crippen MR) is 71.6 cm³/mol. The van der Waals surface area contributed by atoms with Crippen LogP contribution in [0.15, 0.2) is 0 Å². The Bertz CT molecular complexity index is 184. The Morgan fingerprint density at radius 1 is 1.25 bits per heavy atom. The minimum Gasteiger partial charge on any atom is -0.326 e. The van der Waals surface area contributed by atoms with E-state index in [9.17, 15) is 0 Å². The summed E-state index contributed by atoms with van der Waals surface area (Å²) in [5.41, 5.74) is 6.02. The molecule has 1 saturated heterocycles. The van der Waals surface area contributed by atoms with E-state index in [0.29, 0.717) is 0 Å². The van der Waals surface area contributed by atoms with Crippen LogP contribution in [-0.2, 0) is 0 Å². The number of hydrogen-bond donors (Lipinski definition) is 1. The Hall–Kier alpha value is -0.0800. The maximum absolute atomic E-state index is 6.01. The van der Waals surface area contributed by atoms with Gasteiger partial charge >= 0.3 is 0 Å². The fraction of sp³-hybridized carbons (Fsp3) is 1.00. The monoisotopic (exact) mass is 226 g/mol. The largest absolute Gasteiger partial charge is 0.326 e. The summed E-state index contributed by atoms with van der Waals surface area (Å²) in [4.78, 5) is 2.64. The third-order valence-electron chi connectivity index (χ3n) is 3.81. The first-order valence-electron chi connectivity index (χ1n) is 7.02. The molecule has 1 fully saturated rings. The minimum atomic E-state index is 0.0117. The van der Waals surface area contributed by atoms with Gasteiger partial charge in [0, 0.05) is 5.54 Å². The van der Waals surface area contributed by atoms with Gasteiger partial charge in [-0.25, -0.2) is 0 Å². The van der Waals surface area contributed by atoms with E-state index in [2.05, 4.69) is 25.7 Å². The van der Waals surface area contributed by atoms with E-state index in [1.165, 1.54) is 51.7 Å². The zero-order chi connectivity index (χ0) is 12.0. The van der Waals surface area contributed by atoms with Crippen molar-refractivity contribution in [1.82, 2.24) is 4.90 Å². The zero-order valence-corrected chi connectivity index (χ0v) is 11.5. The first-order chi connectivity index (χ1) is 7.51. The first kappa shape index (κ1) is 14.0. The van der Waals surface area contributed by atoms with Crippen LogP contribution in [0.3, 0.4) is 0 Å². The number of rotatable bonds is 5. The van der Waals surface area contributed by atoms with Gasteiger partial charge in [0.25, 0.3) is 0 Å². The Labute approximate surface area is 102 Å². The van der Waals surface area contributed by atoms with Crippen molar-refractivity contribution in [2.24, 2.45) is 11.7 Å². The molecule has 0 spiro atoms. The van der Waals surface area contributed by atoms with Crippen LogP contribution in [0.5, 0.6) is 0 Å². The van der Waals surface area contributed by atoms with Crippen LogP contribution in [0.25, 0.3) is 0 Å². The Morgan fingerprint density at radius 3 is 2.62 bits per heavy atom. The molecule has 1 unspecified atom stereocenters. The van der Waals surface area contributed by atoms with Gasteiger partial charge in [-0.15, -0.1) is 0 Å². The number of likely N-dealkylation sites (tertiary alicyclic amines) is 1. The van der Waals surface area contributed by atoms with Gasteiger partial charge in [-0.1, -0.05) is 13.3 Å². The number of hydrogen-bond acceptors (Lipinski definition) is 2. The lowest BCUT2D eigenvalue weighted by Crippen LogP contribution is -2.34. The summed E-state index contributed by atoms with van der Waals surface area (Å²) in [6.07, 6.45) is 7.99. The highest BCUT2D eigenvalue weighted by Crippen LogP contribution is 2.20. The third kappa shape index (κ3) is 5.86. The molecule has 1 aliphatic rings. The van der Waals surface area contributed by atoms with Crippen LogP contribution in [0.1, 0.15) is 59.3 Å². The van der Waals surface area contributed by atoms with E-state index in [0.717, 1.165) is 12.3 Å². The second-order valence-corrected chi connectivity index (χ2v) is 6.14. The van der Waals surface area contributed by atoms with Crippen LogP contribution < -0.4 is 5.73 Å². The van der Waals surface area contributed by atoms with Crippen molar-refractivity contribution in [2.75, 3.05) is 19.6 Å². The lowest BCUT2D eigenvalue weighted by atomic mass is 9.98. The second kappa shape index (κ2) is 6.61. The Morgan fingerprint density at radius 2 is 2.00 bits per heavy atom. The topological polar surface area (TPSA) is 29.3 Å². The zero-order valence-electron chi connectivity index (χ0n) is 11.5. The molecule has 1 rings (SSSR count). The highest BCUT2D eigenvalue weighted by molar-refractivity contribution is 4.74.